The molecule has 26 heavy (non-hydrogen) atoms. The van der Waals surface area contributed by atoms with E-state index in [0.29, 0.717) is 29.2 Å². The molecule has 1 aromatic carbocycles. The van der Waals surface area contributed by atoms with Crippen LogP contribution in [-0.2, 0) is 9.59 Å². The van der Waals surface area contributed by atoms with Crippen molar-refractivity contribution in [3.8, 4) is 0 Å². The van der Waals surface area contributed by atoms with Crippen molar-refractivity contribution in [2.75, 3.05) is 18.0 Å². The molecule has 1 fully saturated rings. The van der Waals surface area contributed by atoms with Gasteiger partial charge in [0.1, 0.15) is 5.70 Å². The summed E-state index contributed by atoms with van der Waals surface area (Å²) in [5, 5.41) is 1.84. The molecule has 0 saturated carbocycles. The molecule has 0 spiro atoms. The number of hydrogen-bond acceptors (Lipinski definition) is 4. The number of carbonyl (C=O) groups is 2. The molecule has 0 aliphatic carbocycles. The van der Waals surface area contributed by atoms with Gasteiger partial charge in [0.25, 0.3) is 11.8 Å². The van der Waals surface area contributed by atoms with Crippen LogP contribution < -0.4 is 4.90 Å². The fourth-order valence-corrected chi connectivity index (χ4v) is 4.19. The molecule has 7 heteroatoms. The predicted molar refractivity (Wildman–Crippen MR) is 95.5 cm³/mol. The maximum absolute atomic E-state index is 13.7. The summed E-state index contributed by atoms with van der Waals surface area (Å²) in [6.45, 7) is 1.41. The van der Waals surface area contributed by atoms with Crippen molar-refractivity contribution in [1.29, 1.82) is 0 Å². The summed E-state index contributed by atoms with van der Waals surface area (Å²) in [5.41, 5.74) is 0.749. The Labute approximate surface area is 153 Å². The summed E-state index contributed by atoms with van der Waals surface area (Å²) in [4.78, 5) is 29.8. The first-order chi connectivity index (χ1) is 12.6. The van der Waals surface area contributed by atoms with Crippen LogP contribution in [0.1, 0.15) is 24.1 Å². The van der Waals surface area contributed by atoms with Crippen LogP contribution in [0.5, 0.6) is 0 Å². The molecular formula is C19H16F2N2O2S. The lowest BCUT2D eigenvalue weighted by Crippen LogP contribution is -2.37. The number of thiophene rings is 1. The third kappa shape index (κ3) is 2.72. The number of hydrogen-bond donors (Lipinski definition) is 0. The van der Waals surface area contributed by atoms with E-state index in [4.69, 9.17) is 0 Å². The minimum atomic E-state index is -1.09. The molecule has 0 N–H and O–H groups in total. The van der Waals surface area contributed by atoms with Gasteiger partial charge in [0.15, 0.2) is 11.6 Å². The number of benzene rings is 1. The molecule has 2 aliphatic heterocycles. The molecule has 2 aliphatic rings. The third-order valence-electron chi connectivity index (χ3n) is 4.66. The van der Waals surface area contributed by atoms with Crippen LogP contribution in [0.3, 0.4) is 0 Å². The zero-order valence-electron chi connectivity index (χ0n) is 13.9. The van der Waals surface area contributed by atoms with Crippen LogP contribution in [0.4, 0.5) is 14.5 Å². The number of likely N-dealkylation sites (tertiary alicyclic amines) is 1. The molecule has 134 valence electrons. The Bertz CT molecular complexity index is 902. The first kappa shape index (κ1) is 16.9. The van der Waals surface area contributed by atoms with Crippen LogP contribution in [0.15, 0.2) is 41.4 Å². The summed E-state index contributed by atoms with van der Waals surface area (Å²) < 4.78 is 26.9. The van der Waals surface area contributed by atoms with Gasteiger partial charge in [-0.1, -0.05) is 6.07 Å². The zero-order chi connectivity index (χ0) is 18.3. The van der Waals surface area contributed by atoms with Crippen LogP contribution in [-0.4, -0.2) is 29.8 Å². The lowest BCUT2D eigenvalue weighted by atomic mass is 10.1. The van der Waals surface area contributed by atoms with E-state index in [1.165, 1.54) is 17.4 Å². The van der Waals surface area contributed by atoms with Crippen molar-refractivity contribution in [3.63, 3.8) is 0 Å². The van der Waals surface area contributed by atoms with E-state index >= 15 is 0 Å². The molecule has 1 aromatic heterocycles. The Morgan fingerprint density at radius 1 is 0.923 bits per heavy atom. The van der Waals surface area contributed by atoms with E-state index in [0.717, 1.165) is 36.3 Å². The smallest absolute Gasteiger partial charge is 0.282 e. The first-order valence-corrected chi connectivity index (χ1v) is 9.33. The highest BCUT2D eigenvalue weighted by molar-refractivity contribution is 7.11. The minimum Gasteiger partial charge on any atom is -0.366 e. The summed E-state index contributed by atoms with van der Waals surface area (Å²) >= 11 is 1.38. The van der Waals surface area contributed by atoms with Crippen LogP contribution in [0.2, 0.25) is 0 Å². The highest BCUT2D eigenvalue weighted by Crippen LogP contribution is 2.37. The quantitative estimate of drug-likeness (QED) is 0.768. The van der Waals surface area contributed by atoms with Gasteiger partial charge in [0.05, 0.1) is 11.3 Å². The van der Waals surface area contributed by atoms with Crippen LogP contribution >= 0.6 is 11.3 Å². The minimum absolute atomic E-state index is 0.0416. The van der Waals surface area contributed by atoms with Gasteiger partial charge in [-0.2, -0.15) is 0 Å². The maximum Gasteiger partial charge on any atom is 0.282 e. The Balaban J connectivity index is 1.81. The van der Waals surface area contributed by atoms with Gasteiger partial charge in [-0.15, -0.1) is 11.3 Å². The van der Waals surface area contributed by atoms with Crippen molar-refractivity contribution in [3.05, 3.63) is 57.9 Å². The van der Waals surface area contributed by atoms with Crippen molar-refractivity contribution in [1.82, 2.24) is 4.90 Å². The predicted octanol–water partition coefficient (Wildman–Crippen LogP) is 3.80. The molecule has 2 aromatic rings. The molecule has 3 heterocycles. The number of piperidine rings is 1. The Kier molecular flexibility index (Phi) is 4.32. The largest absolute Gasteiger partial charge is 0.366 e. The highest BCUT2D eigenvalue weighted by Gasteiger charge is 2.43. The monoisotopic (exact) mass is 374 g/mol. The normalized spacial score (nSPS) is 18.2. The number of imide groups is 1. The second-order valence-electron chi connectivity index (χ2n) is 6.29. The standard InChI is InChI=1S/C19H16F2N2O2S/c20-13-7-6-12(11-14(13)21)23-18(24)16(15-5-4-10-26-15)17(19(23)25)22-8-2-1-3-9-22/h4-7,10-11H,1-3,8-9H2. The molecular weight excluding hydrogens is 358 g/mol. The lowest BCUT2D eigenvalue weighted by molar-refractivity contribution is -0.120. The van der Waals surface area contributed by atoms with Crippen molar-refractivity contribution in [2.24, 2.45) is 0 Å². The molecule has 2 amide bonds. The van der Waals surface area contributed by atoms with Gasteiger partial charge in [0, 0.05) is 24.0 Å². The Morgan fingerprint density at radius 3 is 2.35 bits per heavy atom. The number of nitrogens with zero attached hydrogens (tertiary/aromatic N) is 2. The van der Waals surface area contributed by atoms with Gasteiger partial charge in [0.2, 0.25) is 0 Å². The molecule has 4 nitrogen and oxygen atoms in total. The van der Waals surface area contributed by atoms with E-state index in [9.17, 15) is 18.4 Å². The maximum atomic E-state index is 13.7. The molecule has 0 atom stereocenters. The fourth-order valence-electron chi connectivity index (χ4n) is 3.43. The second kappa shape index (κ2) is 6.64. The highest BCUT2D eigenvalue weighted by atomic mass is 32.1. The summed E-state index contributed by atoms with van der Waals surface area (Å²) in [5.74, 6) is -3.09. The van der Waals surface area contributed by atoms with Gasteiger partial charge >= 0.3 is 0 Å². The average molecular weight is 374 g/mol. The Morgan fingerprint density at radius 2 is 1.69 bits per heavy atom. The van der Waals surface area contributed by atoms with Gasteiger partial charge < -0.3 is 4.90 Å². The number of halogens is 2. The molecule has 4 rings (SSSR count). The van der Waals surface area contributed by atoms with Crippen LogP contribution in [0, 0.1) is 11.6 Å². The summed E-state index contributed by atoms with van der Waals surface area (Å²) in [6, 6.07) is 6.67. The average Bonchev–Trinajstić information content (AvgIpc) is 3.25. The van der Waals surface area contributed by atoms with E-state index in [2.05, 4.69) is 0 Å². The number of rotatable bonds is 3. The third-order valence-corrected chi connectivity index (χ3v) is 5.55. The number of anilines is 1. The van der Waals surface area contributed by atoms with Gasteiger partial charge in [-0.3, -0.25) is 9.59 Å². The van der Waals surface area contributed by atoms with Gasteiger partial charge in [-0.25, -0.2) is 13.7 Å². The van der Waals surface area contributed by atoms with E-state index < -0.39 is 23.4 Å². The second-order valence-corrected chi connectivity index (χ2v) is 7.24. The van der Waals surface area contributed by atoms with E-state index in [1.807, 2.05) is 16.3 Å². The van der Waals surface area contributed by atoms with Crippen molar-refractivity contribution >= 4 is 34.4 Å². The molecule has 0 bridgehead atoms. The summed E-state index contributed by atoms with van der Waals surface area (Å²) in [7, 11) is 0. The SMILES string of the molecule is O=C1C(c2cccs2)=C(N2CCCCC2)C(=O)N1c1ccc(F)c(F)c1. The topological polar surface area (TPSA) is 40.6 Å². The van der Waals surface area contributed by atoms with Crippen molar-refractivity contribution < 1.29 is 18.4 Å². The van der Waals surface area contributed by atoms with Crippen LogP contribution in [0.25, 0.3) is 5.57 Å². The zero-order valence-corrected chi connectivity index (χ0v) is 14.7. The van der Waals surface area contributed by atoms with Crippen molar-refractivity contribution in [2.45, 2.75) is 19.3 Å². The Hall–Kier alpha value is -2.54. The fraction of sp³-hybridized carbons (Fsp3) is 0.263. The molecule has 0 radical (unpaired) electrons. The number of carbonyl (C=O) groups excluding carboxylic acids is 2. The summed E-state index contributed by atoms with van der Waals surface area (Å²) in [6.07, 6.45) is 2.99. The van der Waals surface area contributed by atoms with Gasteiger partial charge in [-0.05, 0) is 42.8 Å². The van der Waals surface area contributed by atoms with E-state index in [-0.39, 0.29) is 5.69 Å². The molecule has 1 saturated heterocycles. The first-order valence-electron chi connectivity index (χ1n) is 8.45. The number of amides is 2. The molecule has 0 unspecified atom stereocenters. The van der Waals surface area contributed by atoms with E-state index in [1.54, 1.807) is 6.07 Å². The lowest BCUT2D eigenvalue weighted by Gasteiger charge is -2.29.